The minimum atomic E-state index is -0.298. The highest BCUT2D eigenvalue weighted by Crippen LogP contribution is 2.28. The van der Waals surface area contributed by atoms with Crippen LogP contribution in [0.4, 0.5) is 5.69 Å². The largest absolute Gasteiger partial charge is 0.467 e. The van der Waals surface area contributed by atoms with Gasteiger partial charge in [-0.25, -0.2) is 4.79 Å². The van der Waals surface area contributed by atoms with E-state index in [2.05, 4.69) is 33.4 Å². The van der Waals surface area contributed by atoms with Gasteiger partial charge in [-0.05, 0) is 53.2 Å². The second-order valence-electron chi connectivity index (χ2n) is 4.67. The molecule has 0 aliphatic heterocycles. The van der Waals surface area contributed by atoms with Crippen LogP contribution in [0.2, 0.25) is 0 Å². The molecule has 2 unspecified atom stereocenters. The summed E-state index contributed by atoms with van der Waals surface area (Å²) in [6.45, 7) is 0. The lowest BCUT2D eigenvalue weighted by atomic mass is 9.87. The van der Waals surface area contributed by atoms with Gasteiger partial charge in [0, 0.05) is 10.2 Å². The van der Waals surface area contributed by atoms with E-state index in [9.17, 15) is 4.79 Å². The van der Waals surface area contributed by atoms with Gasteiger partial charge in [0.15, 0.2) is 0 Å². The van der Waals surface area contributed by atoms with Crippen LogP contribution in [0.3, 0.4) is 0 Å². The van der Waals surface area contributed by atoms with Crippen LogP contribution in [0.15, 0.2) is 40.9 Å². The Hall–Kier alpha value is -1.29. The molecule has 3 nitrogen and oxygen atoms in total. The SMILES string of the molecule is COC(=O)C(Nc1ccccc1Br)C1CC=CCC1. The summed E-state index contributed by atoms with van der Waals surface area (Å²) in [5.41, 5.74) is 0.924. The predicted octanol–water partition coefficient (Wildman–Crippen LogP) is 3.76. The quantitative estimate of drug-likeness (QED) is 0.677. The Balaban J connectivity index is 2.16. The highest BCUT2D eigenvalue weighted by molar-refractivity contribution is 9.10. The Morgan fingerprint density at radius 1 is 1.42 bits per heavy atom. The third kappa shape index (κ3) is 3.60. The van der Waals surface area contributed by atoms with Gasteiger partial charge in [-0.3, -0.25) is 0 Å². The van der Waals surface area contributed by atoms with E-state index >= 15 is 0 Å². The number of methoxy groups -OCH3 is 1. The zero-order valence-electron chi connectivity index (χ0n) is 10.9. The lowest BCUT2D eigenvalue weighted by Crippen LogP contribution is -2.38. The van der Waals surface area contributed by atoms with Crippen molar-refractivity contribution in [2.24, 2.45) is 5.92 Å². The summed E-state index contributed by atoms with van der Waals surface area (Å²) >= 11 is 3.49. The second kappa shape index (κ2) is 6.75. The lowest BCUT2D eigenvalue weighted by molar-refractivity contribution is -0.142. The van der Waals surface area contributed by atoms with Crippen molar-refractivity contribution in [3.8, 4) is 0 Å². The number of carbonyl (C=O) groups excluding carboxylic acids is 1. The molecule has 0 radical (unpaired) electrons. The van der Waals surface area contributed by atoms with E-state index in [0.29, 0.717) is 0 Å². The van der Waals surface area contributed by atoms with E-state index in [1.54, 1.807) is 0 Å². The number of para-hydroxylation sites is 1. The van der Waals surface area contributed by atoms with E-state index in [-0.39, 0.29) is 17.9 Å². The summed E-state index contributed by atoms with van der Waals surface area (Å²) in [5.74, 6) is 0.0839. The molecule has 102 valence electrons. The first-order chi connectivity index (χ1) is 9.22. The molecule has 0 heterocycles. The Morgan fingerprint density at radius 2 is 2.21 bits per heavy atom. The fourth-order valence-electron chi connectivity index (χ4n) is 2.36. The van der Waals surface area contributed by atoms with Crippen molar-refractivity contribution >= 4 is 27.6 Å². The summed E-state index contributed by atoms with van der Waals surface area (Å²) in [7, 11) is 1.44. The van der Waals surface area contributed by atoms with Gasteiger partial charge >= 0.3 is 5.97 Å². The number of esters is 1. The normalized spacial score (nSPS) is 19.8. The number of carbonyl (C=O) groups is 1. The molecule has 1 aliphatic rings. The van der Waals surface area contributed by atoms with Crippen molar-refractivity contribution in [3.63, 3.8) is 0 Å². The average Bonchev–Trinajstić information content (AvgIpc) is 2.46. The monoisotopic (exact) mass is 323 g/mol. The predicted molar refractivity (Wildman–Crippen MR) is 80.0 cm³/mol. The molecular formula is C15H18BrNO2. The maximum atomic E-state index is 12.0. The molecule has 0 fully saturated rings. The summed E-state index contributed by atoms with van der Waals surface area (Å²) in [6.07, 6.45) is 7.26. The maximum Gasteiger partial charge on any atom is 0.328 e. The van der Waals surface area contributed by atoms with Gasteiger partial charge in [-0.1, -0.05) is 24.3 Å². The molecule has 1 N–H and O–H groups in total. The second-order valence-corrected chi connectivity index (χ2v) is 5.52. The van der Waals surface area contributed by atoms with Crippen LogP contribution in [0, 0.1) is 5.92 Å². The van der Waals surface area contributed by atoms with Crippen LogP contribution in [-0.2, 0) is 9.53 Å². The smallest absolute Gasteiger partial charge is 0.328 e. The van der Waals surface area contributed by atoms with E-state index in [1.807, 2.05) is 24.3 Å². The minimum Gasteiger partial charge on any atom is -0.467 e. The Labute approximate surface area is 122 Å². The van der Waals surface area contributed by atoms with Crippen molar-refractivity contribution in [1.82, 2.24) is 0 Å². The van der Waals surface area contributed by atoms with E-state index in [1.165, 1.54) is 7.11 Å². The molecule has 0 bridgehead atoms. The first kappa shape index (κ1) is 14.1. The van der Waals surface area contributed by atoms with Crippen LogP contribution < -0.4 is 5.32 Å². The van der Waals surface area contributed by atoms with Gasteiger partial charge < -0.3 is 10.1 Å². The molecule has 4 heteroatoms. The summed E-state index contributed by atoms with van der Waals surface area (Å²) in [5, 5.41) is 3.31. The number of halogens is 1. The summed E-state index contributed by atoms with van der Waals surface area (Å²) in [4.78, 5) is 12.0. The third-order valence-corrected chi connectivity index (χ3v) is 4.11. The number of hydrogen-bond acceptors (Lipinski definition) is 3. The molecule has 2 rings (SSSR count). The minimum absolute atomic E-state index is 0.198. The number of ether oxygens (including phenoxy) is 1. The van der Waals surface area contributed by atoms with Gasteiger partial charge in [0.2, 0.25) is 0 Å². The van der Waals surface area contributed by atoms with Gasteiger partial charge in [-0.15, -0.1) is 0 Å². The zero-order chi connectivity index (χ0) is 13.7. The van der Waals surface area contributed by atoms with Gasteiger partial charge in [0.25, 0.3) is 0 Å². The van der Waals surface area contributed by atoms with E-state index in [4.69, 9.17) is 4.74 Å². The van der Waals surface area contributed by atoms with Crippen LogP contribution in [0.25, 0.3) is 0 Å². The zero-order valence-corrected chi connectivity index (χ0v) is 12.5. The molecule has 1 aromatic rings. The topological polar surface area (TPSA) is 38.3 Å². The lowest BCUT2D eigenvalue weighted by Gasteiger charge is -2.28. The van der Waals surface area contributed by atoms with E-state index < -0.39 is 0 Å². The molecule has 0 spiro atoms. The van der Waals surface area contributed by atoms with Crippen molar-refractivity contribution in [3.05, 3.63) is 40.9 Å². The first-order valence-electron chi connectivity index (χ1n) is 6.46. The number of anilines is 1. The number of allylic oxidation sites excluding steroid dienone is 2. The summed E-state index contributed by atoms with van der Waals surface area (Å²) in [6, 6.07) is 7.51. The highest BCUT2D eigenvalue weighted by atomic mass is 79.9. The molecule has 19 heavy (non-hydrogen) atoms. The van der Waals surface area contributed by atoms with Crippen LogP contribution in [-0.4, -0.2) is 19.1 Å². The van der Waals surface area contributed by atoms with Gasteiger partial charge in [0.1, 0.15) is 6.04 Å². The highest BCUT2D eigenvalue weighted by Gasteiger charge is 2.29. The Kier molecular flexibility index (Phi) is 5.02. The van der Waals surface area contributed by atoms with Crippen LogP contribution >= 0.6 is 15.9 Å². The van der Waals surface area contributed by atoms with Gasteiger partial charge in [-0.2, -0.15) is 0 Å². The fraction of sp³-hybridized carbons (Fsp3) is 0.400. The van der Waals surface area contributed by atoms with Gasteiger partial charge in [0.05, 0.1) is 7.11 Å². The maximum absolute atomic E-state index is 12.0. The standard InChI is InChI=1S/C15H18BrNO2/c1-19-15(18)14(11-7-3-2-4-8-11)17-13-10-6-5-9-12(13)16/h2-3,5-6,9-11,14,17H,4,7-8H2,1H3. The molecule has 1 aromatic carbocycles. The Bertz CT molecular complexity index is 473. The van der Waals surface area contributed by atoms with Crippen LogP contribution in [0.5, 0.6) is 0 Å². The number of rotatable bonds is 4. The third-order valence-electron chi connectivity index (χ3n) is 3.42. The van der Waals surface area contributed by atoms with Crippen molar-refractivity contribution < 1.29 is 9.53 Å². The number of nitrogens with one attached hydrogen (secondary N) is 1. The van der Waals surface area contributed by atoms with Crippen molar-refractivity contribution in [2.75, 3.05) is 12.4 Å². The van der Waals surface area contributed by atoms with Crippen LogP contribution in [0.1, 0.15) is 19.3 Å². The van der Waals surface area contributed by atoms with Crippen molar-refractivity contribution in [1.29, 1.82) is 0 Å². The average molecular weight is 324 g/mol. The molecular weight excluding hydrogens is 306 g/mol. The number of benzene rings is 1. The van der Waals surface area contributed by atoms with E-state index in [0.717, 1.165) is 29.4 Å². The molecule has 0 amide bonds. The molecule has 0 saturated carbocycles. The summed E-state index contributed by atoms with van der Waals surface area (Å²) < 4.78 is 5.89. The first-order valence-corrected chi connectivity index (χ1v) is 7.25. The molecule has 2 atom stereocenters. The van der Waals surface area contributed by atoms with Crippen molar-refractivity contribution in [2.45, 2.75) is 25.3 Å². The molecule has 1 aliphatic carbocycles. The Morgan fingerprint density at radius 3 is 2.84 bits per heavy atom. The molecule has 0 aromatic heterocycles. The number of hydrogen-bond donors (Lipinski definition) is 1. The molecule has 0 saturated heterocycles. The fourth-order valence-corrected chi connectivity index (χ4v) is 2.76.